The molecule has 0 aromatic rings. The van der Waals surface area contributed by atoms with Crippen LogP contribution >= 0.6 is 0 Å². The summed E-state index contributed by atoms with van der Waals surface area (Å²) in [5, 5.41) is 0. The van der Waals surface area contributed by atoms with Crippen molar-refractivity contribution in [2.24, 2.45) is 11.7 Å². The molecule has 2 atom stereocenters. The first-order valence-electron chi connectivity index (χ1n) is 8.56. The lowest BCUT2D eigenvalue weighted by atomic mass is 9.99. The van der Waals surface area contributed by atoms with Gasteiger partial charge in [-0.05, 0) is 35.4 Å². The summed E-state index contributed by atoms with van der Waals surface area (Å²) in [4.78, 5) is 11.4. The fourth-order valence-corrected chi connectivity index (χ4v) is 9.21. The van der Waals surface area contributed by atoms with Crippen molar-refractivity contribution >= 4 is 14.3 Å². The molecule has 0 saturated carbocycles. The van der Waals surface area contributed by atoms with Crippen LogP contribution in [-0.4, -0.2) is 34.0 Å². The third kappa shape index (κ3) is 5.67. The van der Waals surface area contributed by atoms with E-state index in [1.165, 1.54) is 7.11 Å². The van der Waals surface area contributed by atoms with Crippen molar-refractivity contribution in [2.75, 3.05) is 13.7 Å². The van der Waals surface area contributed by atoms with Crippen LogP contribution in [0, 0.1) is 5.92 Å². The summed E-state index contributed by atoms with van der Waals surface area (Å²) >= 11 is 0. The van der Waals surface area contributed by atoms with Gasteiger partial charge in [-0.15, -0.1) is 0 Å². The highest BCUT2D eigenvalue weighted by atomic mass is 28.4. The number of carbonyl (C=O) groups is 1. The van der Waals surface area contributed by atoms with Gasteiger partial charge in [0.05, 0.1) is 7.11 Å². The fraction of sp³-hybridized carbons (Fsp3) is 0.941. The number of hydrogen-bond donors (Lipinski definition) is 1. The molecule has 0 amide bonds. The van der Waals surface area contributed by atoms with E-state index in [2.05, 4.69) is 53.2 Å². The second-order valence-electron chi connectivity index (χ2n) is 7.43. The van der Waals surface area contributed by atoms with Gasteiger partial charge < -0.3 is 14.9 Å². The van der Waals surface area contributed by atoms with E-state index in [0.29, 0.717) is 29.0 Å². The van der Waals surface area contributed by atoms with Crippen LogP contribution in [0.25, 0.3) is 0 Å². The van der Waals surface area contributed by atoms with Gasteiger partial charge in [-0.25, -0.2) is 0 Å². The van der Waals surface area contributed by atoms with Crippen LogP contribution in [-0.2, 0) is 14.0 Å². The SMILES string of the molecule is COC(=O)C(N)C[C@H](C)CCO[Si](C(C)C)(C(C)C)C(C)C. The molecule has 0 heterocycles. The van der Waals surface area contributed by atoms with Gasteiger partial charge in [-0.2, -0.15) is 0 Å². The van der Waals surface area contributed by atoms with E-state index < -0.39 is 14.4 Å². The Morgan fingerprint density at radius 2 is 1.45 bits per heavy atom. The third-order valence-corrected chi connectivity index (χ3v) is 10.9. The number of hydrogen-bond acceptors (Lipinski definition) is 4. The van der Waals surface area contributed by atoms with Gasteiger partial charge >= 0.3 is 5.97 Å². The van der Waals surface area contributed by atoms with Gasteiger partial charge in [-0.3, -0.25) is 4.79 Å². The van der Waals surface area contributed by atoms with Crippen LogP contribution in [0.2, 0.25) is 16.6 Å². The zero-order valence-corrected chi connectivity index (χ0v) is 16.8. The molecule has 0 saturated heterocycles. The quantitative estimate of drug-likeness (QED) is 0.484. The Morgan fingerprint density at radius 3 is 1.82 bits per heavy atom. The molecule has 0 spiro atoms. The molecule has 0 aliphatic rings. The number of rotatable bonds is 10. The average Bonchev–Trinajstić information content (AvgIpc) is 2.41. The van der Waals surface area contributed by atoms with Crippen molar-refractivity contribution in [2.45, 2.75) is 84.0 Å². The Morgan fingerprint density at radius 1 is 1.00 bits per heavy atom. The van der Waals surface area contributed by atoms with Crippen LogP contribution in [0.3, 0.4) is 0 Å². The van der Waals surface area contributed by atoms with E-state index in [-0.39, 0.29) is 5.97 Å². The normalized spacial score (nSPS) is 15.5. The van der Waals surface area contributed by atoms with Crippen LogP contribution in [0.15, 0.2) is 0 Å². The Labute approximate surface area is 138 Å². The van der Waals surface area contributed by atoms with Crippen molar-refractivity contribution in [1.29, 1.82) is 0 Å². The largest absolute Gasteiger partial charge is 0.468 e. The molecule has 0 aliphatic carbocycles. The summed E-state index contributed by atoms with van der Waals surface area (Å²) in [5.74, 6) is 0.0234. The summed E-state index contributed by atoms with van der Waals surface area (Å²) in [6.07, 6.45) is 1.58. The van der Waals surface area contributed by atoms with E-state index in [1.54, 1.807) is 0 Å². The predicted molar refractivity (Wildman–Crippen MR) is 95.4 cm³/mol. The maximum atomic E-state index is 11.4. The minimum Gasteiger partial charge on any atom is -0.468 e. The molecule has 1 unspecified atom stereocenters. The highest BCUT2D eigenvalue weighted by molar-refractivity contribution is 6.77. The number of carbonyl (C=O) groups excluding carboxylic acids is 1. The standard InChI is InChI=1S/C17H37NO3Si/c1-12(2)22(13(3)4,14(5)6)21-10-9-15(7)11-16(18)17(19)20-8/h12-16H,9-11,18H2,1-8H3/t15-,16?/m1/s1. The summed E-state index contributed by atoms with van der Waals surface area (Å²) in [5.41, 5.74) is 7.62. The number of esters is 1. The first-order chi connectivity index (χ1) is 10.1. The fourth-order valence-electron chi connectivity index (χ4n) is 3.74. The zero-order valence-electron chi connectivity index (χ0n) is 15.8. The molecule has 0 aromatic carbocycles. The predicted octanol–water partition coefficient (Wildman–Crippen LogP) is 4.10. The molecule has 2 N–H and O–H groups in total. The Bertz CT molecular complexity index is 310. The van der Waals surface area contributed by atoms with E-state index in [0.717, 1.165) is 13.0 Å². The van der Waals surface area contributed by atoms with Gasteiger partial charge in [0.2, 0.25) is 0 Å². The minimum absolute atomic E-state index is 0.331. The number of methoxy groups -OCH3 is 1. The smallest absolute Gasteiger partial charge is 0.322 e. The van der Waals surface area contributed by atoms with E-state index >= 15 is 0 Å². The summed E-state index contributed by atoms with van der Waals surface area (Å²) < 4.78 is 11.2. The Balaban J connectivity index is 4.54. The van der Waals surface area contributed by atoms with E-state index in [4.69, 9.17) is 10.2 Å². The number of ether oxygens (including phenoxy) is 1. The minimum atomic E-state index is -1.79. The highest BCUT2D eigenvalue weighted by Crippen LogP contribution is 2.42. The van der Waals surface area contributed by atoms with E-state index in [9.17, 15) is 4.79 Å². The van der Waals surface area contributed by atoms with Crippen LogP contribution < -0.4 is 5.73 Å². The molecule has 0 rings (SSSR count). The van der Waals surface area contributed by atoms with Crippen LogP contribution in [0.1, 0.15) is 61.3 Å². The summed E-state index contributed by atoms with van der Waals surface area (Å²) in [7, 11) is -0.407. The van der Waals surface area contributed by atoms with Gasteiger partial charge in [0.1, 0.15) is 6.04 Å². The molecular formula is C17H37NO3Si. The van der Waals surface area contributed by atoms with Crippen molar-refractivity contribution in [3.8, 4) is 0 Å². The monoisotopic (exact) mass is 331 g/mol. The highest BCUT2D eigenvalue weighted by Gasteiger charge is 2.44. The van der Waals surface area contributed by atoms with Gasteiger partial charge in [0.15, 0.2) is 8.32 Å². The number of nitrogens with two attached hydrogens (primary N) is 1. The molecule has 0 aliphatic heterocycles. The lowest BCUT2D eigenvalue weighted by Gasteiger charge is -2.42. The first-order valence-corrected chi connectivity index (χ1v) is 10.7. The van der Waals surface area contributed by atoms with Crippen molar-refractivity contribution < 1.29 is 14.0 Å². The maximum absolute atomic E-state index is 11.4. The lowest BCUT2D eigenvalue weighted by Crippen LogP contribution is -2.48. The summed E-state index contributed by atoms with van der Waals surface area (Å²) in [6.45, 7) is 16.6. The molecule has 0 aromatic heterocycles. The van der Waals surface area contributed by atoms with Crippen molar-refractivity contribution in [3.05, 3.63) is 0 Å². The second-order valence-corrected chi connectivity index (χ2v) is 12.9. The molecule has 0 radical (unpaired) electrons. The average molecular weight is 332 g/mol. The van der Waals surface area contributed by atoms with Crippen LogP contribution in [0.5, 0.6) is 0 Å². The van der Waals surface area contributed by atoms with Crippen molar-refractivity contribution in [3.63, 3.8) is 0 Å². The van der Waals surface area contributed by atoms with Gasteiger partial charge in [-0.1, -0.05) is 48.5 Å². The molecule has 5 heteroatoms. The molecule has 132 valence electrons. The van der Waals surface area contributed by atoms with Crippen molar-refractivity contribution in [1.82, 2.24) is 0 Å². The van der Waals surface area contributed by atoms with Gasteiger partial charge in [0.25, 0.3) is 0 Å². The first kappa shape index (κ1) is 21.6. The molecule has 4 nitrogen and oxygen atoms in total. The molecule has 0 bridgehead atoms. The Hall–Kier alpha value is -0.393. The Kier molecular flexibility index (Phi) is 9.51. The third-order valence-electron chi connectivity index (χ3n) is 4.83. The lowest BCUT2D eigenvalue weighted by molar-refractivity contribution is -0.142. The molecule has 0 fully saturated rings. The zero-order chi connectivity index (χ0) is 17.5. The van der Waals surface area contributed by atoms with E-state index in [1.807, 2.05) is 0 Å². The molecular weight excluding hydrogens is 294 g/mol. The van der Waals surface area contributed by atoms with Gasteiger partial charge in [0, 0.05) is 6.61 Å². The van der Waals surface area contributed by atoms with Crippen LogP contribution in [0.4, 0.5) is 0 Å². The summed E-state index contributed by atoms with van der Waals surface area (Å²) in [6, 6.07) is -0.526. The molecule has 22 heavy (non-hydrogen) atoms. The topological polar surface area (TPSA) is 61.5 Å². The second kappa shape index (κ2) is 9.68. The maximum Gasteiger partial charge on any atom is 0.322 e.